The number of fused-ring (bicyclic) bond motifs is 1. The van der Waals surface area contributed by atoms with E-state index < -0.39 is 0 Å². The third-order valence-electron chi connectivity index (χ3n) is 5.40. The van der Waals surface area contributed by atoms with Crippen molar-refractivity contribution in [1.82, 2.24) is 0 Å². The number of hydrogen-bond donors (Lipinski definition) is 1. The highest BCUT2D eigenvalue weighted by Crippen LogP contribution is 2.28. The second kappa shape index (κ2) is 6.79. The number of nitrogens with one attached hydrogen (secondary N) is 1. The minimum Gasteiger partial charge on any atom is -0.372 e. The molecule has 0 bridgehead atoms. The Morgan fingerprint density at radius 1 is 1.00 bits per heavy atom. The Bertz CT molecular complexity index is 748. The molecule has 2 aliphatic rings. The second-order valence-corrected chi connectivity index (χ2v) is 7.18. The number of benzene rings is 2. The van der Waals surface area contributed by atoms with Crippen LogP contribution in [0.25, 0.3) is 0 Å². The number of para-hydroxylation sites is 1. The summed E-state index contributed by atoms with van der Waals surface area (Å²) < 4.78 is 0. The first-order valence-electron chi connectivity index (χ1n) is 9.22. The lowest BCUT2D eigenvalue weighted by atomic mass is 9.99. The normalized spacial score (nSPS) is 17.5. The monoisotopic (exact) mass is 335 g/mol. The Morgan fingerprint density at radius 3 is 2.48 bits per heavy atom. The molecule has 0 spiro atoms. The van der Waals surface area contributed by atoms with Crippen molar-refractivity contribution in [2.24, 2.45) is 5.92 Å². The summed E-state index contributed by atoms with van der Waals surface area (Å²) in [4.78, 5) is 16.9. The Labute approximate surface area is 149 Å². The van der Waals surface area contributed by atoms with Crippen molar-refractivity contribution in [3.63, 3.8) is 0 Å². The van der Waals surface area contributed by atoms with E-state index in [1.165, 1.54) is 24.1 Å². The zero-order valence-corrected chi connectivity index (χ0v) is 14.7. The summed E-state index contributed by atoms with van der Waals surface area (Å²) in [5, 5.41) is 3.03. The summed E-state index contributed by atoms with van der Waals surface area (Å²) >= 11 is 0. The molecule has 2 aromatic rings. The van der Waals surface area contributed by atoms with Gasteiger partial charge in [0.05, 0.1) is 0 Å². The molecule has 1 N–H and O–H groups in total. The number of carbonyl (C=O) groups is 1. The molecule has 25 heavy (non-hydrogen) atoms. The molecule has 2 amide bonds. The van der Waals surface area contributed by atoms with Crippen LogP contribution in [0.1, 0.15) is 25.3 Å². The van der Waals surface area contributed by atoms with Crippen molar-refractivity contribution in [1.29, 1.82) is 0 Å². The third-order valence-corrected chi connectivity index (χ3v) is 5.40. The molecular weight excluding hydrogens is 310 g/mol. The van der Waals surface area contributed by atoms with Gasteiger partial charge >= 0.3 is 6.03 Å². The lowest BCUT2D eigenvalue weighted by molar-refractivity contribution is 0.257. The van der Waals surface area contributed by atoms with Crippen molar-refractivity contribution >= 4 is 23.1 Å². The van der Waals surface area contributed by atoms with Gasteiger partial charge in [-0.05, 0) is 61.1 Å². The molecule has 4 rings (SSSR count). The number of carbonyl (C=O) groups excluding carboxylic acids is 1. The molecule has 4 heteroatoms. The molecule has 0 unspecified atom stereocenters. The predicted molar refractivity (Wildman–Crippen MR) is 104 cm³/mol. The van der Waals surface area contributed by atoms with Gasteiger partial charge in [-0.25, -0.2) is 4.79 Å². The van der Waals surface area contributed by atoms with Crippen LogP contribution in [0.5, 0.6) is 0 Å². The van der Waals surface area contributed by atoms with E-state index in [2.05, 4.69) is 35.3 Å². The summed E-state index contributed by atoms with van der Waals surface area (Å²) in [7, 11) is 0. The highest BCUT2D eigenvalue weighted by Gasteiger charge is 2.24. The van der Waals surface area contributed by atoms with Crippen LogP contribution in [0.2, 0.25) is 0 Å². The minimum atomic E-state index is -0.0514. The summed E-state index contributed by atoms with van der Waals surface area (Å²) in [6, 6.07) is 16.3. The van der Waals surface area contributed by atoms with E-state index in [9.17, 15) is 4.79 Å². The van der Waals surface area contributed by atoms with Gasteiger partial charge in [-0.2, -0.15) is 0 Å². The fourth-order valence-electron chi connectivity index (χ4n) is 3.76. The van der Waals surface area contributed by atoms with Crippen LogP contribution in [-0.2, 0) is 6.42 Å². The molecular formula is C21H25N3O. The summed E-state index contributed by atoms with van der Waals surface area (Å²) in [5.41, 5.74) is 4.37. The summed E-state index contributed by atoms with van der Waals surface area (Å²) in [6.45, 7) is 5.32. The molecule has 0 aliphatic carbocycles. The first-order valence-corrected chi connectivity index (χ1v) is 9.22. The maximum absolute atomic E-state index is 12.6. The molecule has 1 fully saturated rings. The van der Waals surface area contributed by atoms with Gasteiger partial charge in [-0.1, -0.05) is 25.1 Å². The van der Waals surface area contributed by atoms with E-state index in [1.54, 1.807) is 0 Å². The highest BCUT2D eigenvalue weighted by molar-refractivity contribution is 6.03. The summed E-state index contributed by atoms with van der Waals surface area (Å²) in [6.07, 6.45) is 3.44. The first-order chi connectivity index (χ1) is 12.2. The van der Waals surface area contributed by atoms with E-state index >= 15 is 0 Å². The lowest BCUT2D eigenvalue weighted by Gasteiger charge is -2.32. The number of amides is 2. The molecule has 1 saturated heterocycles. The van der Waals surface area contributed by atoms with E-state index in [0.717, 1.165) is 43.3 Å². The zero-order chi connectivity index (χ0) is 17.2. The first kappa shape index (κ1) is 16.0. The van der Waals surface area contributed by atoms with Crippen LogP contribution in [0.3, 0.4) is 0 Å². The van der Waals surface area contributed by atoms with Crippen molar-refractivity contribution in [2.75, 3.05) is 34.8 Å². The number of nitrogens with zero attached hydrogens (tertiary/aromatic N) is 2. The fourth-order valence-corrected chi connectivity index (χ4v) is 3.76. The number of piperidine rings is 1. The standard InChI is InChI=1S/C21H25N3O/c1-16-10-13-23(14-11-16)19-8-6-18(7-9-19)22-21(25)24-15-12-17-4-2-3-5-20(17)24/h2-9,16H,10-15H2,1H3,(H,22,25). The van der Waals surface area contributed by atoms with Crippen molar-refractivity contribution in [3.05, 3.63) is 54.1 Å². The number of urea groups is 1. The molecule has 4 nitrogen and oxygen atoms in total. The maximum Gasteiger partial charge on any atom is 0.326 e. The van der Waals surface area contributed by atoms with Crippen LogP contribution < -0.4 is 15.1 Å². The van der Waals surface area contributed by atoms with E-state index in [4.69, 9.17) is 0 Å². The Hall–Kier alpha value is -2.49. The van der Waals surface area contributed by atoms with Gasteiger partial charge in [0.1, 0.15) is 0 Å². The van der Waals surface area contributed by atoms with Crippen LogP contribution in [-0.4, -0.2) is 25.7 Å². The number of rotatable bonds is 2. The van der Waals surface area contributed by atoms with Gasteiger partial charge in [0.2, 0.25) is 0 Å². The smallest absolute Gasteiger partial charge is 0.326 e. The van der Waals surface area contributed by atoms with Crippen LogP contribution >= 0.6 is 0 Å². The van der Waals surface area contributed by atoms with Gasteiger partial charge in [-0.3, -0.25) is 4.90 Å². The van der Waals surface area contributed by atoms with Gasteiger partial charge < -0.3 is 10.2 Å². The van der Waals surface area contributed by atoms with Crippen molar-refractivity contribution in [3.8, 4) is 0 Å². The number of anilines is 3. The number of hydrogen-bond acceptors (Lipinski definition) is 2. The van der Waals surface area contributed by atoms with Gasteiger partial charge in [-0.15, -0.1) is 0 Å². The van der Waals surface area contributed by atoms with Crippen LogP contribution in [0.4, 0.5) is 21.9 Å². The van der Waals surface area contributed by atoms with Gasteiger partial charge in [0, 0.05) is 36.7 Å². The Morgan fingerprint density at radius 2 is 1.72 bits per heavy atom. The zero-order valence-electron chi connectivity index (χ0n) is 14.7. The molecule has 0 aromatic heterocycles. The SMILES string of the molecule is CC1CCN(c2ccc(NC(=O)N3CCc4ccccc43)cc2)CC1. The summed E-state index contributed by atoms with van der Waals surface area (Å²) in [5.74, 6) is 0.832. The molecule has 2 aliphatic heterocycles. The highest BCUT2D eigenvalue weighted by atomic mass is 16.2. The lowest BCUT2D eigenvalue weighted by Crippen LogP contribution is -2.33. The second-order valence-electron chi connectivity index (χ2n) is 7.18. The molecule has 0 saturated carbocycles. The quantitative estimate of drug-likeness (QED) is 0.876. The molecule has 130 valence electrons. The largest absolute Gasteiger partial charge is 0.372 e. The average Bonchev–Trinajstić information content (AvgIpc) is 3.07. The Kier molecular flexibility index (Phi) is 4.35. The molecule has 2 heterocycles. The molecule has 0 atom stereocenters. The van der Waals surface area contributed by atoms with Gasteiger partial charge in [0.15, 0.2) is 0 Å². The van der Waals surface area contributed by atoms with Crippen molar-refractivity contribution in [2.45, 2.75) is 26.2 Å². The van der Waals surface area contributed by atoms with Crippen LogP contribution in [0, 0.1) is 5.92 Å². The predicted octanol–water partition coefficient (Wildman–Crippen LogP) is 4.52. The Balaban J connectivity index is 1.41. The minimum absolute atomic E-state index is 0.0514. The van der Waals surface area contributed by atoms with E-state index in [0.29, 0.717) is 0 Å². The topological polar surface area (TPSA) is 35.6 Å². The van der Waals surface area contributed by atoms with E-state index in [1.807, 2.05) is 35.2 Å². The van der Waals surface area contributed by atoms with Crippen molar-refractivity contribution < 1.29 is 4.79 Å². The van der Waals surface area contributed by atoms with E-state index in [-0.39, 0.29) is 6.03 Å². The maximum atomic E-state index is 12.6. The fraction of sp³-hybridized carbons (Fsp3) is 0.381. The van der Waals surface area contributed by atoms with Crippen LogP contribution in [0.15, 0.2) is 48.5 Å². The average molecular weight is 335 g/mol. The third kappa shape index (κ3) is 3.34. The molecule has 2 aromatic carbocycles. The molecule has 0 radical (unpaired) electrons. The van der Waals surface area contributed by atoms with Gasteiger partial charge in [0.25, 0.3) is 0 Å².